The summed E-state index contributed by atoms with van der Waals surface area (Å²) in [4.78, 5) is 26.9. The molecule has 1 aromatic carbocycles. The number of hydrogen-bond donors (Lipinski definition) is 1. The average molecular weight is 579 g/mol. The first-order chi connectivity index (χ1) is 21.0. The molecule has 5 aromatic rings. The van der Waals surface area contributed by atoms with E-state index in [1.165, 1.54) is 0 Å². The monoisotopic (exact) mass is 578 g/mol. The van der Waals surface area contributed by atoms with Crippen LogP contribution in [-0.4, -0.2) is 70.9 Å². The van der Waals surface area contributed by atoms with E-state index in [0.717, 1.165) is 72.0 Å². The fourth-order valence-corrected chi connectivity index (χ4v) is 5.67. The van der Waals surface area contributed by atoms with E-state index in [2.05, 4.69) is 39.6 Å². The molecule has 1 saturated carbocycles. The number of fused-ring (bicyclic) bond motifs is 2. The lowest BCUT2D eigenvalue weighted by Gasteiger charge is -2.28. The summed E-state index contributed by atoms with van der Waals surface area (Å²) in [6.07, 6.45) is 6.85. The van der Waals surface area contributed by atoms with Gasteiger partial charge in [0.05, 0.1) is 31.7 Å². The molecule has 43 heavy (non-hydrogen) atoms. The van der Waals surface area contributed by atoms with Crippen molar-refractivity contribution in [3.8, 4) is 17.0 Å². The first-order valence-corrected chi connectivity index (χ1v) is 14.6. The topological polar surface area (TPSA) is 110 Å². The number of nitrogens with one attached hydrogen (secondary N) is 1. The lowest BCUT2D eigenvalue weighted by Crippen LogP contribution is -2.36. The molecule has 7 rings (SSSR count). The highest BCUT2D eigenvalue weighted by Crippen LogP contribution is 2.39. The van der Waals surface area contributed by atoms with Crippen LogP contribution in [0.4, 0.5) is 17.3 Å². The summed E-state index contributed by atoms with van der Waals surface area (Å²) in [5, 5.41) is 12.8. The highest BCUT2D eigenvalue weighted by atomic mass is 16.5. The van der Waals surface area contributed by atoms with Gasteiger partial charge in [-0.1, -0.05) is 19.1 Å². The summed E-state index contributed by atoms with van der Waals surface area (Å²) >= 11 is 0. The third-order valence-corrected chi connectivity index (χ3v) is 8.34. The number of nitrogens with zero attached hydrogens (tertiary/aromatic N) is 7. The molecule has 220 valence electrons. The predicted molar refractivity (Wildman–Crippen MR) is 166 cm³/mol. The molecule has 2 atom stereocenters. The van der Waals surface area contributed by atoms with Gasteiger partial charge in [-0.3, -0.25) is 4.79 Å². The minimum atomic E-state index is -0.0167. The number of imidazole rings is 1. The van der Waals surface area contributed by atoms with Gasteiger partial charge in [-0.25, -0.2) is 9.97 Å². The Morgan fingerprint density at radius 3 is 2.65 bits per heavy atom. The molecule has 11 nitrogen and oxygen atoms in total. The third kappa shape index (κ3) is 5.43. The second-order valence-electron chi connectivity index (χ2n) is 11.4. The largest absolute Gasteiger partial charge is 0.497 e. The maximum Gasteiger partial charge on any atom is 0.228 e. The Morgan fingerprint density at radius 1 is 1.12 bits per heavy atom. The second kappa shape index (κ2) is 11.1. The molecule has 1 amide bonds. The van der Waals surface area contributed by atoms with E-state index in [0.29, 0.717) is 29.6 Å². The summed E-state index contributed by atoms with van der Waals surface area (Å²) in [5.74, 6) is 2.33. The number of aromatic nitrogens is 5. The van der Waals surface area contributed by atoms with E-state index < -0.39 is 0 Å². The normalized spacial score (nSPS) is 18.2. The lowest BCUT2D eigenvalue weighted by molar-refractivity contribution is -0.117. The molecular formula is C32H34N8O3. The molecule has 4 aromatic heterocycles. The maximum absolute atomic E-state index is 12.7. The van der Waals surface area contributed by atoms with Crippen LogP contribution in [0.5, 0.6) is 5.75 Å². The Labute approximate surface area is 249 Å². The molecule has 11 heteroatoms. The molecule has 0 radical (unpaired) electrons. The number of morpholine rings is 1. The van der Waals surface area contributed by atoms with E-state index in [4.69, 9.17) is 19.4 Å². The summed E-state index contributed by atoms with van der Waals surface area (Å²) in [6.45, 7) is 5.87. The van der Waals surface area contributed by atoms with Crippen molar-refractivity contribution in [2.75, 3.05) is 55.6 Å². The van der Waals surface area contributed by atoms with Crippen molar-refractivity contribution < 1.29 is 14.3 Å². The van der Waals surface area contributed by atoms with Gasteiger partial charge in [0.1, 0.15) is 16.9 Å². The number of ether oxygens (including phenoxy) is 2. The van der Waals surface area contributed by atoms with Gasteiger partial charge in [0.15, 0.2) is 11.6 Å². The molecule has 1 aliphatic carbocycles. The number of anilines is 3. The van der Waals surface area contributed by atoms with E-state index in [1.54, 1.807) is 7.11 Å². The van der Waals surface area contributed by atoms with Gasteiger partial charge >= 0.3 is 0 Å². The quantitative estimate of drug-likeness (QED) is 0.286. The number of hydrogen-bond acceptors (Lipinski definition) is 9. The van der Waals surface area contributed by atoms with E-state index in [-0.39, 0.29) is 11.8 Å². The summed E-state index contributed by atoms with van der Waals surface area (Å²) < 4.78 is 12.9. The molecule has 0 unspecified atom stereocenters. The third-order valence-electron chi connectivity index (χ3n) is 8.34. The van der Waals surface area contributed by atoms with Gasteiger partial charge in [0.25, 0.3) is 0 Å². The molecular weight excluding hydrogens is 544 g/mol. The number of methoxy groups -OCH3 is 1. The fourth-order valence-electron chi connectivity index (χ4n) is 5.67. The minimum Gasteiger partial charge on any atom is -0.497 e. The SMILES string of the molecule is COc1ccc(CN(C)c2ncc(-c3cn4cc(N5CCOCC5)ccc4n3)c3cc(NC(=O)[C@H]4C[C@H]4C)nnc23)cc1. The fraction of sp³-hybridized carbons (Fsp3) is 0.344. The van der Waals surface area contributed by atoms with Crippen LogP contribution in [0.2, 0.25) is 0 Å². The van der Waals surface area contributed by atoms with Crippen LogP contribution in [-0.2, 0) is 16.1 Å². The van der Waals surface area contributed by atoms with Crippen molar-refractivity contribution >= 4 is 39.8 Å². The van der Waals surface area contributed by atoms with E-state index >= 15 is 0 Å². The Kier molecular flexibility index (Phi) is 7.02. The molecule has 2 fully saturated rings. The van der Waals surface area contributed by atoms with Crippen molar-refractivity contribution in [2.24, 2.45) is 11.8 Å². The molecule has 5 heterocycles. The number of amides is 1. The van der Waals surface area contributed by atoms with Gasteiger partial charge in [0, 0.05) is 62.1 Å². The summed E-state index contributed by atoms with van der Waals surface area (Å²) in [5.41, 5.74) is 5.29. The van der Waals surface area contributed by atoms with Crippen molar-refractivity contribution in [3.05, 3.63) is 66.6 Å². The first kappa shape index (κ1) is 27.1. The number of pyridine rings is 2. The molecule has 0 spiro atoms. The summed E-state index contributed by atoms with van der Waals surface area (Å²) in [7, 11) is 3.64. The van der Waals surface area contributed by atoms with Gasteiger partial charge in [-0.2, -0.15) is 0 Å². The Bertz CT molecular complexity index is 1800. The molecule has 1 saturated heterocycles. The van der Waals surface area contributed by atoms with Gasteiger partial charge in [0.2, 0.25) is 5.91 Å². The highest BCUT2D eigenvalue weighted by Gasteiger charge is 2.39. The zero-order chi connectivity index (χ0) is 29.5. The molecule has 1 N–H and O–H groups in total. The van der Waals surface area contributed by atoms with E-state index in [9.17, 15) is 4.79 Å². The van der Waals surface area contributed by atoms with Crippen molar-refractivity contribution in [3.63, 3.8) is 0 Å². The maximum atomic E-state index is 12.7. The van der Waals surface area contributed by atoms with Crippen LogP contribution in [0.15, 0.2) is 61.1 Å². The zero-order valence-electron chi connectivity index (χ0n) is 24.5. The lowest BCUT2D eigenvalue weighted by atomic mass is 10.1. The molecule has 1 aliphatic heterocycles. The van der Waals surface area contributed by atoms with Gasteiger partial charge in [-0.15, -0.1) is 10.2 Å². The van der Waals surface area contributed by atoms with Crippen LogP contribution in [0.25, 0.3) is 27.8 Å². The second-order valence-corrected chi connectivity index (χ2v) is 11.4. The number of rotatable bonds is 8. The average Bonchev–Trinajstić information content (AvgIpc) is 3.63. The minimum absolute atomic E-state index is 0.0167. The van der Waals surface area contributed by atoms with E-state index in [1.807, 2.05) is 65.1 Å². The Hall–Kier alpha value is -4.77. The molecule has 0 bridgehead atoms. The van der Waals surface area contributed by atoms with Gasteiger partial charge in [-0.05, 0) is 48.2 Å². The molecule has 2 aliphatic rings. The van der Waals surface area contributed by atoms with Crippen molar-refractivity contribution in [1.29, 1.82) is 0 Å². The Balaban J connectivity index is 1.27. The zero-order valence-corrected chi connectivity index (χ0v) is 24.5. The van der Waals surface area contributed by atoms with Crippen molar-refractivity contribution in [1.82, 2.24) is 24.6 Å². The smallest absolute Gasteiger partial charge is 0.228 e. The number of benzene rings is 1. The van der Waals surface area contributed by atoms with Crippen LogP contribution in [0.3, 0.4) is 0 Å². The standard InChI is InChI=1S/C32H34N8O3/c1-20-14-24(20)32(41)35-28-15-25-26(27-19-40-18-22(6-9-29(40)34-27)39-10-12-43-13-11-39)16-33-31(30(25)37-36-28)38(2)17-21-4-7-23(42-3)8-5-21/h4-9,15-16,18-20,24H,10-14,17H2,1-3H3,(H,35,36,41)/t20-,24+/m1/s1. The van der Waals surface area contributed by atoms with Crippen LogP contribution < -0.4 is 19.9 Å². The highest BCUT2D eigenvalue weighted by molar-refractivity contribution is 6.01. The van der Waals surface area contributed by atoms with Crippen LogP contribution >= 0.6 is 0 Å². The number of carbonyl (C=O) groups is 1. The Morgan fingerprint density at radius 2 is 1.91 bits per heavy atom. The summed E-state index contributed by atoms with van der Waals surface area (Å²) in [6, 6.07) is 14.0. The first-order valence-electron chi connectivity index (χ1n) is 14.6. The van der Waals surface area contributed by atoms with Crippen LogP contribution in [0.1, 0.15) is 18.9 Å². The van der Waals surface area contributed by atoms with Gasteiger partial charge < -0.3 is 29.0 Å². The van der Waals surface area contributed by atoms with Crippen LogP contribution in [0, 0.1) is 11.8 Å². The van der Waals surface area contributed by atoms with Crippen molar-refractivity contribution in [2.45, 2.75) is 19.9 Å². The number of carbonyl (C=O) groups excluding carboxylic acids is 1. The predicted octanol–water partition coefficient (Wildman–Crippen LogP) is 4.42.